The molecule has 0 radical (unpaired) electrons. The average Bonchev–Trinajstić information content (AvgIpc) is 2.88. The van der Waals surface area contributed by atoms with Crippen LogP contribution in [0.2, 0.25) is 0 Å². The molecule has 20 heavy (non-hydrogen) atoms. The van der Waals surface area contributed by atoms with Gasteiger partial charge in [-0.3, -0.25) is 5.10 Å². The van der Waals surface area contributed by atoms with Gasteiger partial charge in [0.2, 0.25) is 5.95 Å². The molecule has 1 aliphatic rings. The summed E-state index contributed by atoms with van der Waals surface area (Å²) in [6.45, 7) is 4.72. The Morgan fingerprint density at radius 1 is 1.45 bits per heavy atom. The van der Waals surface area contributed by atoms with Crippen LogP contribution in [0.5, 0.6) is 0 Å². The summed E-state index contributed by atoms with van der Waals surface area (Å²) < 4.78 is 14.6. The first-order chi connectivity index (χ1) is 9.63. The molecule has 1 aromatic carbocycles. The van der Waals surface area contributed by atoms with E-state index in [2.05, 4.69) is 48.3 Å². The summed E-state index contributed by atoms with van der Waals surface area (Å²) in [7, 11) is 0. The van der Waals surface area contributed by atoms with E-state index in [1.54, 1.807) is 12.1 Å². The van der Waals surface area contributed by atoms with Gasteiger partial charge in [0.1, 0.15) is 5.82 Å². The number of piperazine rings is 1. The van der Waals surface area contributed by atoms with Crippen molar-refractivity contribution in [3.63, 3.8) is 0 Å². The number of aromatic amines is 1. The highest BCUT2D eigenvalue weighted by atomic mass is 79.9. The highest BCUT2D eigenvalue weighted by molar-refractivity contribution is 9.10. The van der Waals surface area contributed by atoms with Crippen molar-refractivity contribution < 1.29 is 4.39 Å². The maximum absolute atomic E-state index is 13.9. The van der Waals surface area contributed by atoms with Crippen molar-refractivity contribution in [3.8, 4) is 11.4 Å². The molecule has 1 atom stereocenters. The summed E-state index contributed by atoms with van der Waals surface area (Å²) in [4.78, 5) is 6.50. The standard InChI is InChI=1S/C13H15BrFN5/c1-8-7-20(5-4-16-8)13-17-12(18-19-13)10-3-2-9(14)6-11(10)15/h2-3,6,8,16H,4-5,7H2,1H3,(H,17,18,19)/t8-/m1/s1. The van der Waals surface area contributed by atoms with Gasteiger partial charge in [0.25, 0.3) is 0 Å². The Labute approximate surface area is 124 Å². The van der Waals surface area contributed by atoms with Crippen LogP contribution >= 0.6 is 15.9 Å². The second-order valence-corrected chi connectivity index (χ2v) is 5.83. The Hall–Kier alpha value is -1.47. The van der Waals surface area contributed by atoms with E-state index >= 15 is 0 Å². The van der Waals surface area contributed by atoms with Gasteiger partial charge in [0.15, 0.2) is 5.82 Å². The number of benzene rings is 1. The molecular formula is C13H15BrFN5. The van der Waals surface area contributed by atoms with Crippen molar-refractivity contribution in [2.75, 3.05) is 24.5 Å². The van der Waals surface area contributed by atoms with Crippen molar-refractivity contribution in [1.29, 1.82) is 0 Å². The lowest BCUT2D eigenvalue weighted by molar-refractivity contribution is 0.480. The molecular weight excluding hydrogens is 325 g/mol. The van der Waals surface area contributed by atoms with E-state index in [1.807, 2.05) is 0 Å². The maximum atomic E-state index is 13.9. The van der Waals surface area contributed by atoms with E-state index in [0.29, 0.717) is 27.9 Å². The quantitative estimate of drug-likeness (QED) is 0.880. The van der Waals surface area contributed by atoms with Gasteiger partial charge in [0, 0.05) is 30.1 Å². The molecule has 0 saturated carbocycles. The zero-order chi connectivity index (χ0) is 14.1. The summed E-state index contributed by atoms with van der Waals surface area (Å²) >= 11 is 3.24. The largest absolute Gasteiger partial charge is 0.337 e. The molecule has 2 heterocycles. The summed E-state index contributed by atoms with van der Waals surface area (Å²) in [5.41, 5.74) is 0.426. The Bertz CT molecular complexity index is 615. The van der Waals surface area contributed by atoms with Crippen LogP contribution in [-0.2, 0) is 0 Å². The minimum Gasteiger partial charge on any atom is -0.337 e. The molecule has 1 saturated heterocycles. The first-order valence-corrected chi connectivity index (χ1v) is 7.29. The normalized spacial score (nSPS) is 19.4. The van der Waals surface area contributed by atoms with Crippen LogP contribution in [0.4, 0.5) is 10.3 Å². The lowest BCUT2D eigenvalue weighted by Gasteiger charge is -2.30. The third-order valence-corrected chi connectivity index (χ3v) is 3.80. The van der Waals surface area contributed by atoms with E-state index in [1.165, 1.54) is 6.07 Å². The van der Waals surface area contributed by atoms with Crippen LogP contribution in [0, 0.1) is 5.82 Å². The van der Waals surface area contributed by atoms with Crippen molar-refractivity contribution in [3.05, 3.63) is 28.5 Å². The Morgan fingerprint density at radius 3 is 3.05 bits per heavy atom. The van der Waals surface area contributed by atoms with Gasteiger partial charge in [-0.25, -0.2) is 4.39 Å². The van der Waals surface area contributed by atoms with Crippen LogP contribution < -0.4 is 10.2 Å². The fraction of sp³-hybridized carbons (Fsp3) is 0.385. The van der Waals surface area contributed by atoms with Crippen LogP contribution in [0.25, 0.3) is 11.4 Å². The summed E-state index contributed by atoms with van der Waals surface area (Å²) in [5.74, 6) is 0.752. The average molecular weight is 340 g/mol. The molecule has 2 N–H and O–H groups in total. The third kappa shape index (κ3) is 2.69. The molecule has 0 aliphatic carbocycles. The van der Waals surface area contributed by atoms with Crippen molar-refractivity contribution in [2.24, 2.45) is 0 Å². The van der Waals surface area contributed by atoms with E-state index in [4.69, 9.17) is 0 Å². The van der Waals surface area contributed by atoms with Gasteiger partial charge >= 0.3 is 0 Å². The van der Waals surface area contributed by atoms with E-state index in [9.17, 15) is 4.39 Å². The summed E-state index contributed by atoms with van der Waals surface area (Å²) in [6.07, 6.45) is 0. The second kappa shape index (κ2) is 5.49. The molecule has 1 fully saturated rings. The molecule has 1 aromatic heterocycles. The fourth-order valence-corrected chi connectivity index (χ4v) is 2.64. The van der Waals surface area contributed by atoms with E-state index in [-0.39, 0.29) is 5.82 Å². The Kier molecular flexibility index (Phi) is 3.71. The highest BCUT2D eigenvalue weighted by Crippen LogP contribution is 2.24. The first-order valence-electron chi connectivity index (χ1n) is 6.49. The number of aromatic nitrogens is 3. The minimum atomic E-state index is -0.323. The van der Waals surface area contributed by atoms with Gasteiger partial charge < -0.3 is 10.2 Å². The number of halogens is 2. The van der Waals surface area contributed by atoms with E-state index in [0.717, 1.165) is 19.6 Å². The summed E-state index contributed by atoms with van der Waals surface area (Å²) in [5, 5.41) is 10.4. The number of anilines is 1. The van der Waals surface area contributed by atoms with Crippen molar-refractivity contribution in [1.82, 2.24) is 20.5 Å². The minimum absolute atomic E-state index is 0.323. The molecule has 7 heteroatoms. The fourth-order valence-electron chi connectivity index (χ4n) is 2.31. The van der Waals surface area contributed by atoms with Crippen LogP contribution in [0.15, 0.2) is 22.7 Å². The molecule has 1 aliphatic heterocycles. The molecule has 0 spiro atoms. The van der Waals surface area contributed by atoms with Crippen LogP contribution in [0.3, 0.4) is 0 Å². The lowest BCUT2D eigenvalue weighted by Crippen LogP contribution is -2.49. The predicted octanol–water partition coefficient (Wildman–Crippen LogP) is 2.17. The molecule has 3 rings (SSSR count). The van der Waals surface area contributed by atoms with Gasteiger partial charge in [0.05, 0.1) is 5.56 Å². The SMILES string of the molecule is C[C@@H]1CN(c2n[nH]c(-c3ccc(Br)cc3F)n2)CCN1. The topological polar surface area (TPSA) is 56.8 Å². The van der Waals surface area contributed by atoms with Gasteiger partial charge in [-0.2, -0.15) is 4.98 Å². The molecule has 0 bridgehead atoms. The molecule has 0 unspecified atom stereocenters. The smallest absolute Gasteiger partial charge is 0.245 e. The van der Waals surface area contributed by atoms with Crippen LogP contribution in [0.1, 0.15) is 6.92 Å². The van der Waals surface area contributed by atoms with Gasteiger partial charge in [-0.1, -0.05) is 15.9 Å². The Morgan fingerprint density at radius 2 is 2.30 bits per heavy atom. The molecule has 0 amide bonds. The number of rotatable bonds is 2. The summed E-state index contributed by atoms with van der Waals surface area (Å²) in [6, 6.07) is 5.29. The predicted molar refractivity (Wildman–Crippen MR) is 79.2 cm³/mol. The molecule has 106 valence electrons. The van der Waals surface area contributed by atoms with Crippen molar-refractivity contribution in [2.45, 2.75) is 13.0 Å². The molecule has 2 aromatic rings. The molecule has 5 nitrogen and oxygen atoms in total. The third-order valence-electron chi connectivity index (χ3n) is 3.31. The lowest BCUT2D eigenvalue weighted by atomic mass is 10.2. The zero-order valence-electron chi connectivity index (χ0n) is 11.0. The first kappa shape index (κ1) is 13.5. The van der Waals surface area contributed by atoms with Crippen LogP contribution in [-0.4, -0.2) is 40.9 Å². The second-order valence-electron chi connectivity index (χ2n) is 4.91. The van der Waals surface area contributed by atoms with Gasteiger partial charge in [-0.15, -0.1) is 5.10 Å². The number of nitrogens with one attached hydrogen (secondary N) is 2. The van der Waals surface area contributed by atoms with E-state index < -0.39 is 0 Å². The van der Waals surface area contributed by atoms with Crippen molar-refractivity contribution >= 4 is 21.9 Å². The number of nitrogens with zero attached hydrogens (tertiary/aromatic N) is 3. The zero-order valence-corrected chi connectivity index (χ0v) is 12.6. The van der Waals surface area contributed by atoms with Gasteiger partial charge in [-0.05, 0) is 25.1 Å². The number of hydrogen-bond donors (Lipinski definition) is 2. The Balaban J connectivity index is 1.86. The maximum Gasteiger partial charge on any atom is 0.245 e. The number of hydrogen-bond acceptors (Lipinski definition) is 4. The highest BCUT2D eigenvalue weighted by Gasteiger charge is 2.20. The monoisotopic (exact) mass is 339 g/mol. The number of H-pyrrole nitrogens is 1.